The number of piperidine rings is 1. The minimum Gasteiger partial charge on any atom is -0.356 e. The van der Waals surface area contributed by atoms with E-state index in [0.717, 1.165) is 37.9 Å². The van der Waals surface area contributed by atoms with Gasteiger partial charge >= 0.3 is 0 Å². The molecule has 0 spiro atoms. The minimum absolute atomic E-state index is 0.0270. The molecule has 2 aliphatic rings. The lowest BCUT2D eigenvalue weighted by atomic mass is 9.96. The van der Waals surface area contributed by atoms with Crippen LogP contribution in [-0.4, -0.2) is 36.3 Å². The van der Waals surface area contributed by atoms with Crippen LogP contribution in [0, 0.1) is 11.8 Å². The van der Waals surface area contributed by atoms with Crippen LogP contribution in [0.5, 0.6) is 0 Å². The molecular formula is C16H26N2O2. The van der Waals surface area contributed by atoms with E-state index in [2.05, 4.69) is 5.32 Å². The first-order valence-electron chi connectivity index (χ1n) is 7.85. The van der Waals surface area contributed by atoms with Gasteiger partial charge in [0.15, 0.2) is 0 Å². The molecule has 1 saturated heterocycles. The van der Waals surface area contributed by atoms with Crippen LogP contribution < -0.4 is 5.32 Å². The number of carbonyl (C=O) groups excluding carboxylic acids is 2. The van der Waals surface area contributed by atoms with Crippen molar-refractivity contribution in [2.75, 3.05) is 19.6 Å². The summed E-state index contributed by atoms with van der Waals surface area (Å²) >= 11 is 0. The topological polar surface area (TPSA) is 49.4 Å². The Morgan fingerprint density at radius 3 is 2.70 bits per heavy atom. The molecule has 4 heteroatoms. The van der Waals surface area contributed by atoms with Crippen LogP contribution in [0.4, 0.5) is 0 Å². The minimum atomic E-state index is -0.0270. The molecule has 0 bridgehead atoms. The quantitative estimate of drug-likeness (QED) is 0.783. The number of carbonyl (C=O) groups is 2. The summed E-state index contributed by atoms with van der Waals surface area (Å²) in [6, 6.07) is 0. The summed E-state index contributed by atoms with van der Waals surface area (Å²) in [7, 11) is 0. The van der Waals surface area contributed by atoms with Gasteiger partial charge in [-0.2, -0.15) is 0 Å². The van der Waals surface area contributed by atoms with Crippen LogP contribution in [0.25, 0.3) is 0 Å². The van der Waals surface area contributed by atoms with Gasteiger partial charge < -0.3 is 10.2 Å². The molecule has 2 fully saturated rings. The highest BCUT2D eigenvalue weighted by molar-refractivity contribution is 5.93. The Balaban J connectivity index is 1.85. The van der Waals surface area contributed by atoms with Crippen LogP contribution in [0.2, 0.25) is 0 Å². The van der Waals surface area contributed by atoms with E-state index in [1.807, 2.05) is 24.8 Å². The first-order valence-corrected chi connectivity index (χ1v) is 7.85. The maximum atomic E-state index is 12.3. The van der Waals surface area contributed by atoms with E-state index in [4.69, 9.17) is 0 Å². The monoisotopic (exact) mass is 278 g/mol. The number of amides is 2. The van der Waals surface area contributed by atoms with Gasteiger partial charge in [-0.05, 0) is 44.9 Å². The molecule has 0 aromatic rings. The molecule has 1 saturated carbocycles. The number of nitrogens with zero attached hydrogens (tertiary/aromatic N) is 1. The standard InChI is InChI=1S/C16H26N2O2/c1-3-5-12(2)16(20)18-9-4-6-14(11-18)15(19)17-10-13-7-8-13/h5,13-14H,3-4,6-11H2,1-2H3,(H,17,19)/b12-5+. The van der Waals surface area contributed by atoms with Crippen molar-refractivity contribution in [1.82, 2.24) is 10.2 Å². The van der Waals surface area contributed by atoms with Gasteiger partial charge in [0, 0.05) is 25.2 Å². The van der Waals surface area contributed by atoms with Crippen LogP contribution in [-0.2, 0) is 9.59 Å². The maximum absolute atomic E-state index is 12.3. The van der Waals surface area contributed by atoms with Crippen molar-refractivity contribution in [3.05, 3.63) is 11.6 Å². The van der Waals surface area contributed by atoms with E-state index in [9.17, 15) is 9.59 Å². The summed E-state index contributed by atoms with van der Waals surface area (Å²) in [5.74, 6) is 0.897. The fourth-order valence-electron chi connectivity index (χ4n) is 2.73. The van der Waals surface area contributed by atoms with Crippen LogP contribution in [0.3, 0.4) is 0 Å². The molecule has 1 atom stereocenters. The smallest absolute Gasteiger partial charge is 0.249 e. The van der Waals surface area contributed by atoms with Crippen LogP contribution in [0.1, 0.15) is 46.0 Å². The first-order chi connectivity index (χ1) is 9.61. The lowest BCUT2D eigenvalue weighted by Crippen LogP contribution is -2.46. The Hall–Kier alpha value is -1.32. The van der Waals surface area contributed by atoms with Gasteiger partial charge in [0.2, 0.25) is 11.8 Å². The fraction of sp³-hybridized carbons (Fsp3) is 0.750. The molecule has 0 aromatic heterocycles. The Morgan fingerprint density at radius 1 is 1.30 bits per heavy atom. The number of hydrogen-bond acceptors (Lipinski definition) is 2. The van der Waals surface area contributed by atoms with Crippen molar-refractivity contribution >= 4 is 11.8 Å². The highest BCUT2D eigenvalue weighted by Crippen LogP contribution is 2.28. The third-order valence-corrected chi connectivity index (χ3v) is 4.19. The fourth-order valence-corrected chi connectivity index (χ4v) is 2.73. The number of rotatable bonds is 5. The zero-order chi connectivity index (χ0) is 14.5. The lowest BCUT2D eigenvalue weighted by molar-refractivity contribution is -0.132. The molecule has 1 N–H and O–H groups in total. The molecule has 1 aliphatic carbocycles. The zero-order valence-corrected chi connectivity index (χ0v) is 12.7. The predicted molar refractivity (Wildman–Crippen MR) is 79.1 cm³/mol. The molecule has 112 valence electrons. The number of allylic oxidation sites excluding steroid dienone is 1. The van der Waals surface area contributed by atoms with Crippen molar-refractivity contribution in [1.29, 1.82) is 0 Å². The number of nitrogens with one attached hydrogen (secondary N) is 1. The summed E-state index contributed by atoms with van der Waals surface area (Å²) in [6.07, 6.45) is 7.15. The predicted octanol–water partition coefficient (Wildman–Crippen LogP) is 2.11. The second-order valence-electron chi connectivity index (χ2n) is 6.07. The average Bonchev–Trinajstić information content (AvgIpc) is 3.28. The second kappa shape index (κ2) is 6.91. The Morgan fingerprint density at radius 2 is 2.05 bits per heavy atom. The molecule has 0 aromatic carbocycles. The van der Waals surface area contributed by atoms with Crippen molar-refractivity contribution in [2.24, 2.45) is 11.8 Å². The lowest BCUT2D eigenvalue weighted by Gasteiger charge is -2.32. The molecule has 4 nitrogen and oxygen atoms in total. The van der Waals surface area contributed by atoms with Gasteiger partial charge in [-0.3, -0.25) is 9.59 Å². The molecule has 20 heavy (non-hydrogen) atoms. The van der Waals surface area contributed by atoms with Gasteiger partial charge in [-0.25, -0.2) is 0 Å². The number of hydrogen-bond donors (Lipinski definition) is 1. The Labute approximate surface area is 121 Å². The summed E-state index contributed by atoms with van der Waals surface area (Å²) < 4.78 is 0. The average molecular weight is 278 g/mol. The van der Waals surface area contributed by atoms with Gasteiger partial charge in [0.05, 0.1) is 5.92 Å². The van der Waals surface area contributed by atoms with Gasteiger partial charge in [0.1, 0.15) is 0 Å². The molecule has 1 aliphatic heterocycles. The van der Waals surface area contributed by atoms with Gasteiger partial charge in [0.25, 0.3) is 0 Å². The molecule has 2 rings (SSSR count). The van der Waals surface area contributed by atoms with Crippen LogP contribution >= 0.6 is 0 Å². The van der Waals surface area contributed by atoms with Crippen molar-refractivity contribution < 1.29 is 9.59 Å². The molecule has 2 amide bonds. The van der Waals surface area contributed by atoms with E-state index in [1.54, 1.807) is 0 Å². The van der Waals surface area contributed by atoms with E-state index in [1.165, 1.54) is 12.8 Å². The highest BCUT2D eigenvalue weighted by atomic mass is 16.2. The number of likely N-dealkylation sites (tertiary alicyclic amines) is 1. The van der Waals surface area contributed by atoms with E-state index in [0.29, 0.717) is 12.5 Å². The van der Waals surface area contributed by atoms with E-state index >= 15 is 0 Å². The second-order valence-corrected chi connectivity index (χ2v) is 6.07. The molecular weight excluding hydrogens is 252 g/mol. The van der Waals surface area contributed by atoms with Gasteiger partial charge in [-0.15, -0.1) is 0 Å². The summed E-state index contributed by atoms with van der Waals surface area (Å²) in [5.41, 5.74) is 0.798. The Kier molecular flexibility index (Phi) is 5.21. The van der Waals surface area contributed by atoms with Crippen molar-refractivity contribution in [2.45, 2.75) is 46.0 Å². The maximum Gasteiger partial charge on any atom is 0.249 e. The van der Waals surface area contributed by atoms with Crippen LogP contribution in [0.15, 0.2) is 11.6 Å². The third kappa shape index (κ3) is 4.09. The van der Waals surface area contributed by atoms with Crippen molar-refractivity contribution in [3.8, 4) is 0 Å². The highest BCUT2D eigenvalue weighted by Gasteiger charge is 2.30. The molecule has 1 unspecified atom stereocenters. The Bertz CT molecular complexity index is 399. The van der Waals surface area contributed by atoms with E-state index < -0.39 is 0 Å². The summed E-state index contributed by atoms with van der Waals surface area (Å²) in [6.45, 7) is 6.06. The van der Waals surface area contributed by atoms with Gasteiger partial charge in [-0.1, -0.05) is 13.0 Å². The first kappa shape index (κ1) is 15.1. The summed E-state index contributed by atoms with van der Waals surface area (Å²) in [5, 5.41) is 3.04. The molecule has 0 radical (unpaired) electrons. The SMILES string of the molecule is CC/C=C(\C)C(=O)N1CCCC(C(=O)NCC2CC2)C1. The largest absolute Gasteiger partial charge is 0.356 e. The zero-order valence-electron chi connectivity index (χ0n) is 12.7. The van der Waals surface area contributed by atoms with E-state index in [-0.39, 0.29) is 17.7 Å². The molecule has 1 heterocycles. The van der Waals surface area contributed by atoms with Crippen molar-refractivity contribution in [3.63, 3.8) is 0 Å². The third-order valence-electron chi connectivity index (χ3n) is 4.19. The normalized spacial score (nSPS) is 23.6. The summed E-state index contributed by atoms with van der Waals surface area (Å²) in [4.78, 5) is 26.2.